The minimum atomic E-state index is -1.24. The van der Waals surface area contributed by atoms with Crippen LogP contribution in [0.5, 0.6) is 5.75 Å². The highest BCUT2D eigenvalue weighted by atomic mass is 16.4. The van der Waals surface area contributed by atoms with Crippen molar-refractivity contribution in [2.24, 2.45) is 0 Å². The Balaban J connectivity index is 1.91. The third kappa shape index (κ3) is 4.41. The fourth-order valence-corrected chi connectivity index (χ4v) is 2.62. The van der Waals surface area contributed by atoms with E-state index in [1.54, 1.807) is 72.8 Å². The van der Waals surface area contributed by atoms with Gasteiger partial charge in [-0.15, -0.1) is 0 Å². The molecule has 0 aliphatic carbocycles. The molecule has 0 saturated carbocycles. The molecule has 5 nitrogen and oxygen atoms in total. The van der Waals surface area contributed by atoms with Crippen LogP contribution < -0.4 is 5.32 Å². The van der Waals surface area contributed by atoms with E-state index in [0.717, 1.165) is 5.56 Å². The van der Waals surface area contributed by atoms with Gasteiger partial charge in [0.1, 0.15) is 11.4 Å². The van der Waals surface area contributed by atoms with Gasteiger partial charge in [0.2, 0.25) is 0 Å². The zero-order valence-corrected chi connectivity index (χ0v) is 14.3. The molecule has 0 bridgehead atoms. The molecule has 5 heteroatoms. The number of carboxylic acid groups (broad SMARTS) is 1. The van der Waals surface area contributed by atoms with E-state index in [1.807, 2.05) is 6.07 Å². The second kappa shape index (κ2) is 8.01. The van der Waals surface area contributed by atoms with Gasteiger partial charge in [-0.3, -0.25) is 4.79 Å². The number of para-hydroxylation sites is 1. The van der Waals surface area contributed by atoms with Gasteiger partial charge in [-0.25, -0.2) is 4.79 Å². The number of aliphatic carboxylic acids is 1. The number of benzene rings is 3. The van der Waals surface area contributed by atoms with Crippen LogP contribution in [0, 0.1) is 0 Å². The van der Waals surface area contributed by atoms with E-state index in [-0.39, 0.29) is 11.4 Å². The van der Waals surface area contributed by atoms with Crippen molar-refractivity contribution in [2.75, 3.05) is 0 Å². The Morgan fingerprint density at radius 2 is 1.56 bits per heavy atom. The van der Waals surface area contributed by atoms with Crippen molar-refractivity contribution in [3.05, 3.63) is 95.7 Å². The van der Waals surface area contributed by atoms with E-state index in [1.165, 1.54) is 6.08 Å². The molecule has 3 aromatic carbocycles. The van der Waals surface area contributed by atoms with Crippen LogP contribution in [0.4, 0.5) is 0 Å². The minimum absolute atomic E-state index is 0.134. The van der Waals surface area contributed by atoms with E-state index in [2.05, 4.69) is 5.32 Å². The summed E-state index contributed by atoms with van der Waals surface area (Å²) in [5.41, 5.74) is 2.09. The van der Waals surface area contributed by atoms with Gasteiger partial charge >= 0.3 is 5.97 Å². The Kier molecular flexibility index (Phi) is 5.33. The molecule has 27 heavy (non-hydrogen) atoms. The number of carbonyl (C=O) groups is 2. The van der Waals surface area contributed by atoms with Crippen molar-refractivity contribution in [3.63, 3.8) is 0 Å². The van der Waals surface area contributed by atoms with Crippen LogP contribution in [0.2, 0.25) is 0 Å². The normalized spacial score (nSPS) is 11.0. The maximum atomic E-state index is 12.2. The van der Waals surface area contributed by atoms with E-state index >= 15 is 0 Å². The first-order chi connectivity index (χ1) is 13.0. The lowest BCUT2D eigenvalue weighted by Gasteiger charge is -2.08. The number of phenolic OH excluding ortho intramolecular Hbond substituents is 1. The minimum Gasteiger partial charge on any atom is -0.507 e. The number of hydrogen-bond acceptors (Lipinski definition) is 3. The molecule has 0 atom stereocenters. The molecule has 3 aromatic rings. The van der Waals surface area contributed by atoms with Crippen LogP contribution in [0.1, 0.15) is 15.9 Å². The van der Waals surface area contributed by atoms with Crippen LogP contribution in [-0.2, 0) is 4.79 Å². The van der Waals surface area contributed by atoms with Gasteiger partial charge in [0.05, 0.1) is 0 Å². The topological polar surface area (TPSA) is 86.6 Å². The van der Waals surface area contributed by atoms with Crippen molar-refractivity contribution >= 4 is 18.0 Å². The SMILES string of the molecule is O=C(O)/C(=C/c1cccc(-c2ccccc2O)c1)NC(=O)c1ccccc1. The first-order valence-corrected chi connectivity index (χ1v) is 8.24. The molecule has 0 radical (unpaired) electrons. The van der Waals surface area contributed by atoms with Crippen LogP contribution in [0.25, 0.3) is 17.2 Å². The number of carboxylic acids is 1. The molecule has 0 unspecified atom stereocenters. The number of rotatable bonds is 5. The Hall–Kier alpha value is -3.86. The van der Waals surface area contributed by atoms with Crippen molar-refractivity contribution < 1.29 is 19.8 Å². The summed E-state index contributed by atoms with van der Waals surface area (Å²) < 4.78 is 0. The van der Waals surface area contributed by atoms with Gasteiger partial charge in [0, 0.05) is 11.1 Å². The summed E-state index contributed by atoms with van der Waals surface area (Å²) in [6.45, 7) is 0. The summed E-state index contributed by atoms with van der Waals surface area (Å²) in [7, 11) is 0. The van der Waals surface area contributed by atoms with Crippen LogP contribution >= 0.6 is 0 Å². The summed E-state index contributed by atoms with van der Waals surface area (Å²) in [6.07, 6.45) is 1.38. The van der Waals surface area contributed by atoms with Crippen molar-refractivity contribution in [2.45, 2.75) is 0 Å². The summed E-state index contributed by atoms with van der Waals surface area (Å²) in [5, 5.41) is 21.9. The van der Waals surface area contributed by atoms with Gasteiger partial charge < -0.3 is 15.5 Å². The quantitative estimate of drug-likeness (QED) is 0.603. The smallest absolute Gasteiger partial charge is 0.352 e. The summed E-state index contributed by atoms with van der Waals surface area (Å²) >= 11 is 0. The van der Waals surface area contributed by atoms with Crippen LogP contribution in [-0.4, -0.2) is 22.1 Å². The van der Waals surface area contributed by atoms with Gasteiger partial charge in [-0.2, -0.15) is 0 Å². The molecule has 0 spiro atoms. The Labute approximate surface area is 156 Å². The molecule has 0 aliphatic rings. The van der Waals surface area contributed by atoms with E-state index in [4.69, 9.17) is 0 Å². The van der Waals surface area contributed by atoms with E-state index in [9.17, 15) is 19.8 Å². The number of aromatic hydroxyl groups is 1. The van der Waals surface area contributed by atoms with Crippen molar-refractivity contribution in [1.82, 2.24) is 5.32 Å². The lowest BCUT2D eigenvalue weighted by molar-refractivity contribution is -0.132. The molecule has 0 aliphatic heterocycles. The van der Waals surface area contributed by atoms with Crippen molar-refractivity contribution in [1.29, 1.82) is 0 Å². The Bertz CT molecular complexity index is 1010. The second-order valence-electron chi connectivity index (χ2n) is 5.83. The first kappa shape index (κ1) is 17.9. The molecule has 0 heterocycles. The zero-order valence-electron chi connectivity index (χ0n) is 14.3. The fraction of sp³-hybridized carbons (Fsp3) is 0. The largest absolute Gasteiger partial charge is 0.507 e. The Morgan fingerprint density at radius 3 is 2.26 bits per heavy atom. The van der Waals surface area contributed by atoms with E-state index in [0.29, 0.717) is 16.7 Å². The third-order valence-corrected chi connectivity index (χ3v) is 3.93. The molecule has 0 aromatic heterocycles. The molecule has 0 saturated heterocycles. The number of nitrogens with one attached hydrogen (secondary N) is 1. The van der Waals surface area contributed by atoms with Gasteiger partial charge in [-0.1, -0.05) is 54.6 Å². The zero-order chi connectivity index (χ0) is 19.2. The highest BCUT2D eigenvalue weighted by Gasteiger charge is 2.13. The summed E-state index contributed by atoms with van der Waals surface area (Å²) in [5.74, 6) is -1.61. The number of hydrogen-bond donors (Lipinski definition) is 3. The lowest BCUT2D eigenvalue weighted by Crippen LogP contribution is -2.27. The highest BCUT2D eigenvalue weighted by molar-refractivity contribution is 6.02. The average Bonchev–Trinajstić information content (AvgIpc) is 2.68. The summed E-state index contributed by atoms with van der Waals surface area (Å²) in [4.78, 5) is 23.8. The maximum absolute atomic E-state index is 12.2. The molecular formula is C22H17NO4. The predicted molar refractivity (Wildman–Crippen MR) is 103 cm³/mol. The Morgan fingerprint density at radius 1 is 0.852 bits per heavy atom. The molecule has 3 N–H and O–H groups in total. The average molecular weight is 359 g/mol. The molecule has 1 amide bonds. The van der Waals surface area contributed by atoms with Crippen molar-refractivity contribution in [3.8, 4) is 16.9 Å². The number of phenols is 1. The lowest BCUT2D eigenvalue weighted by atomic mass is 10.0. The standard InChI is InChI=1S/C22H17NO4/c24-20-12-5-4-11-18(20)17-10-6-7-15(13-17)14-19(22(26)27)23-21(25)16-8-2-1-3-9-16/h1-14,24H,(H,23,25)(H,26,27)/b19-14-. The van der Waals surface area contributed by atoms with E-state index < -0.39 is 11.9 Å². The van der Waals surface area contributed by atoms with Gasteiger partial charge in [-0.05, 0) is 41.5 Å². The van der Waals surface area contributed by atoms with Crippen LogP contribution in [0.3, 0.4) is 0 Å². The van der Waals surface area contributed by atoms with Crippen LogP contribution in [0.15, 0.2) is 84.6 Å². The molecular weight excluding hydrogens is 342 g/mol. The van der Waals surface area contributed by atoms with Gasteiger partial charge in [0.25, 0.3) is 5.91 Å². The maximum Gasteiger partial charge on any atom is 0.352 e. The second-order valence-corrected chi connectivity index (χ2v) is 5.83. The summed E-state index contributed by atoms with van der Waals surface area (Å²) in [6, 6.07) is 22.3. The molecule has 0 fully saturated rings. The monoisotopic (exact) mass is 359 g/mol. The van der Waals surface area contributed by atoms with Gasteiger partial charge in [0.15, 0.2) is 0 Å². The number of amides is 1. The fourth-order valence-electron chi connectivity index (χ4n) is 2.62. The molecule has 3 rings (SSSR count). The predicted octanol–water partition coefficient (Wildman–Crippen LogP) is 3.91. The highest BCUT2D eigenvalue weighted by Crippen LogP contribution is 2.29. The first-order valence-electron chi connectivity index (χ1n) is 8.24. The molecule has 134 valence electrons. The number of carbonyl (C=O) groups excluding carboxylic acids is 1. The third-order valence-electron chi connectivity index (χ3n) is 3.93.